The first-order chi connectivity index (χ1) is 8.92. The lowest BCUT2D eigenvalue weighted by Crippen LogP contribution is -2.21. The van der Waals surface area contributed by atoms with E-state index < -0.39 is 0 Å². The van der Waals surface area contributed by atoms with Gasteiger partial charge in [-0.25, -0.2) is 4.98 Å². The Morgan fingerprint density at radius 1 is 0.889 bits per heavy atom. The van der Waals surface area contributed by atoms with E-state index in [1.165, 1.54) is 75.5 Å². The molecule has 2 heteroatoms. The molecule has 98 valence electrons. The van der Waals surface area contributed by atoms with Crippen molar-refractivity contribution in [2.75, 3.05) is 5.32 Å². The number of aromatic nitrogens is 1. The molecule has 0 atom stereocenters. The number of aryl methyl sites for hydroxylation is 2. The molecule has 1 heterocycles. The Morgan fingerprint density at radius 3 is 2.50 bits per heavy atom. The van der Waals surface area contributed by atoms with Crippen molar-refractivity contribution in [1.82, 2.24) is 4.98 Å². The van der Waals surface area contributed by atoms with Gasteiger partial charge in [0.05, 0.1) is 0 Å². The summed E-state index contributed by atoms with van der Waals surface area (Å²) in [6.07, 6.45) is 13.3. The predicted molar refractivity (Wildman–Crippen MR) is 76.0 cm³/mol. The van der Waals surface area contributed by atoms with E-state index in [0.29, 0.717) is 6.04 Å². The van der Waals surface area contributed by atoms with Crippen molar-refractivity contribution in [2.45, 2.75) is 70.3 Å². The largest absolute Gasteiger partial charge is 0.367 e. The lowest BCUT2D eigenvalue weighted by atomic mass is 9.97. The summed E-state index contributed by atoms with van der Waals surface area (Å²) in [6.45, 7) is 0. The lowest BCUT2D eigenvalue weighted by Gasteiger charge is -2.21. The molecule has 2 aliphatic carbocycles. The second kappa shape index (κ2) is 5.73. The number of hydrogen-bond acceptors (Lipinski definition) is 2. The van der Waals surface area contributed by atoms with E-state index in [9.17, 15) is 0 Å². The Morgan fingerprint density at radius 2 is 1.67 bits per heavy atom. The van der Waals surface area contributed by atoms with Crippen LogP contribution in [0.3, 0.4) is 0 Å². The van der Waals surface area contributed by atoms with Crippen molar-refractivity contribution in [3.8, 4) is 0 Å². The zero-order chi connectivity index (χ0) is 12.2. The fourth-order valence-corrected chi connectivity index (χ4v) is 3.31. The number of pyridine rings is 1. The van der Waals surface area contributed by atoms with Crippen LogP contribution < -0.4 is 5.32 Å². The van der Waals surface area contributed by atoms with Crippen molar-refractivity contribution >= 4 is 5.82 Å². The standard InChI is InChI=1S/C16H24N2/c1-2-4-8-14(9-5-3-1)17-16-12-11-13-7-6-10-15(13)18-16/h11-12,14H,1-10H2,(H,17,18). The molecule has 2 nitrogen and oxygen atoms in total. The van der Waals surface area contributed by atoms with E-state index in [2.05, 4.69) is 17.4 Å². The van der Waals surface area contributed by atoms with E-state index >= 15 is 0 Å². The highest BCUT2D eigenvalue weighted by molar-refractivity contribution is 5.41. The molecule has 18 heavy (non-hydrogen) atoms. The number of hydrogen-bond donors (Lipinski definition) is 1. The first-order valence-corrected chi connectivity index (χ1v) is 7.67. The Bertz CT molecular complexity index is 392. The number of nitrogens with one attached hydrogen (secondary N) is 1. The van der Waals surface area contributed by atoms with Gasteiger partial charge < -0.3 is 5.32 Å². The van der Waals surface area contributed by atoms with Crippen LogP contribution in [0.1, 0.15) is 62.6 Å². The van der Waals surface area contributed by atoms with Gasteiger partial charge in [-0.3, -0.25) is 0 Å². The molecule has 0 saturated heterocycles. The number of nitrogens with zero attached hydrogens (tertiary/aromatic N) is 1. The predicted octanol–water partition coefficient (Wildman–Crippen LogP) is 4.10. The molecule has 1 fully saturated rings. The fourth-order valence-electron chi connectivity index (χ4n) is 3.31. The van der Waals surface area contributed by atoms with Crippen LogP contribution in [0.15, 0.2) is 12.1 Å². The van der Waals surface area contributed by atoms with Crippen LogP contribution in [0, 0.1) is 0 Å². The molecule has 0 aromatic carbocycles. The Hall–Kier alpha value is -1.05. The van der Waals surface area contributed by atoms with Gasteiger partial charge in [0.2, 0.25) is 0 Å². The highest BCUT2D eigenvalue weighted by Crippen LogP contribution is 2.24. The minimum Gasteiger partial charge on any atom is -0.367 e. The van der Waals surface area contributed by atoms with Gasteiger partial charge >= 0.3 is 0 Å². The topological polar surface area (TPSA) is 24.9 Å². The van der Waals surface area contributed by atoms with Crippen molar-refractivity contribution < 1.29 is 0 Å². The van der Waals surface area contributed by atoms with Gasteiger partial charge in [0.25, 0.3) is 0 Å². The summed E-state index contributed by atoms with van der Waals surface area (Å²) in [5, 5.41) is 3.67. The molecule has 1 N–H and O–H groups in total. The van der Waals surface area contributed by atoms with Gasteiger partial charge in [-0.15, -0.1) is 0 Å². The third-order valence-corrected chi connectivity index (χ3v) is 4.39. The number of anilines is 1. The summed E-state index contributed by atoms with van der Waals surface area (Å²) in [5.74, 6) is 1.11. The lowest BCUT2D eigenvalue weighted by molar-refractivity contribution is 0.470. The second-order valence-electron chi connectivity index (χ2n) is 5.84. The minimum absolute atomic E-state index is 0.650. The van der Waals surface area contributed by atoms with E-state index in [-0.39, 0.29) is 0 Å². The zero-order valence-corrected chi connectivity index (χ0v) is 11.3. The maximum absolute atomic E-state index is 4.79. The summed E-state index contributed by atoms with van der Waals surface area (Å²) >= 11 is 0. The zero-order valence-electron chi connectivity index (χ0n) is 11.3. The summed E-state index contributed by atoms with van der Waals surface area (Å²) in [4.78, 5) is 4.79. The normalized spacial score (nSPS) is 21.1. The average Bonchev–Trinajstić information content (AvgIpc) is 2.79. The molecule has 0 aliphatic heterocycles. The monoisotopic (exact) mass is 244 g/mol. The summed E-state index contributed by atoms with van der Waals surface area (Å²) in [7, 11) is 0. The van der Waals surface area contributed by atoms with E-state index in [1.807, 2.05) is 0 Å². The highest BCUT2D eigenvalue weighted by atomic mass is 15.0. The number of fused-ring (bicyclic) bond motifs is 1. The van der Waals surface area contributed by atoms with Gasteiger partial charge in [0, 0.05) is 11.7 Å². The molecule has 0 amide bonds. The molecule has 3 rings (SSSR count). The van der Waals surface area contributed by atoms with Crippen LogP contribution >= 0.6 is 0 Å². The third kappa shape index (κ3) is 2.85. The summed E-state index contributed by atoms with van der Waals surface area (Å²) in [5.41, 5.74) is 2.81. The van der Waals surface area contributed by atoms with Gasteiger partial charge in [-0.05, 0) is 43.7 Å². The molecule has 0 spiro atoms. The molecule has 2 aliphatic rings. The number of rotatable bonds is 2. The second-order valence-corrected chi connectivity index (χ2v) is 5.84. The third-order valence-electron chi connectivity index (χ3n) is 4.39. The first-order valence-electron chi connectivity index (χ1n) is 7.67. The maximum Gasteiger partial charge on any atom is 0.126 e. The smallest absolute Gasteiger partial charge is 0.126 e. The highest BCUT2D eigenvalue weighted by Gasteiger charge is 2.15. The van der Waals surface area contributed by atoms with Crippen LogP contribution in [-0.4, -0.2) is 11.0 Å². The van der Waals surface area contributed by atoms with Crippen LogP contribution in [0.25, 0.3) is 0 Å². The van der Waals surface area contributed by atoms with Gasteiger partial charge in [-0.1, -0.05) is 38.2 Å². The van der Waals surface area contributed by atoms with Crippen molar-refractivity contribution in [3.05, 3.63) is 23.4 Å². The van der Waals surface area contributed by atoms with Crippen LogP contribution in [0.2, 0.25) is 0 Å². The molecular weight excluding hydrogens is 220 g/mol. The molecular formula is C16H24N2. The maximum atomic E-state index is 4.79. The molecule has 1 aromatic rings. The molecule has 0 radical (unpaired) electrons. The van der Waals surface area contributed by atoms with Crippen molar-refractivity contribution in [1.29, 1.82) is 0 Å². The SMILES string of the molecule is c1cc2c(nc1NC1CCCCCCC1)CCC2. The Balaban J connectivity index is 1.64. The van der Waals surface area contributed by atoms with E-state index in [4.69, 9.17) is 4.98 Å². The van der Waals surface area contributed by atoms with Gasteiger partial charge in [0.1, 0.15) is 5.82 Å². The van der Waals surface area contributed by atoms with Gasteiger partial charge in [0.15, 0.2) is 0 Å². The average molecular weight is 244 g/mol. The van der Waals surface area contributed by atoms with Crippen LogP contribution in [0.4, 0.5) is 5.82 Å². The van der Waals surface area contributed by atoms with E-state index in [0.717, 1.165) is 5.82 Å². The fraction of sp³-hybridized carbons (Fsp3) is 0.688. The van der Waals surface area contributed by atoms with Crippen LogP contribution in [0.5, 0.6) is 0 Å². The Kier molecular flexibility index (Phi) is 3.82. The van der Waals surface area contributed by atoms with Gasteiger partial charge in [-0.2, -0.15) is 0 Å². The quantitative estimate of drug-likeness (QED) is 0.847. The minimum atomic E-state index is 0.650. The molecule has 0 unspecified atom stereocenters. The summed E-state index contributed by atoms with van der Waals surface area (Å²) < 4.78 is 0. The van der Waals surface area contributed by atoms with Crippen molar-refractivity contribution in [2.24, 2.45) is 0 Å². The first kappa shape index (κ1) is 12.0. The summed E-state index contributed by atoms with van der Waals surface area (Å²) in [6, 6.07) is 5.11. The Labute approximate surface area is 110 Å². The van der Waals surface area contributed by atoms with Crippen LogP contribution in [-0.2, 0) is 12.8 Å². The van der Waals surface area contributed by atoms with E-state index in [1.54, 1.807) is 0 Å². The molecule has 1 saturated carbocycles. The molecule has 0 bridgehead atoms. The van der Waals surface area contributed by atoms with Crippen molar-refractivity contribution in [3.63, 3.8) is 0 Å². The molecule has 1 aromatic heterocycles.